The van der Waals surface area contributed by atoms with Crippen molar-refractivity contribution in [1.29, 1.82) is 0 Å². The number of nitrogens with one attached hydrogen (secondary N) is 1. The second-order valence-corrected chi connectivity index (χ2v) is 8.16. The number of aryl methyl sites for hydroxylation is 1. The first kappa shape index (κ1) is 19.4. The maximum Gasteiger partial charge on any atom is 0.330 e. The average Bonchev–Trinajstić information content (AvgIpc) is 3.37. The van der Waals surface area contributed by atoms with Gasteiger partial charge in [0.2, 0.25) is 5.91 Å². The lowest BCUT2D eigenvalue weighted by molar-refractivity contribution is -0.155. The Morgan fingerprint density at radius 2 is 2.17 bits per heavy atom. The van der Waals surface area contributed by atoms with Crippen LogP contribution in [-0.4, -0.2) is 46.2 Å². The molecule has 8 nitrogen and oxygen atoms in total. The molecular weight excluding hydrogens is 401 g/mol. The number of halogens is 1. The molecule has 3 heterocycles. The third kappa shape index (κ3) is 3.59. The summed E-state index contributed by atoms with van der Waals surface area (Å²) in [6.07, 6.45) is 0.818. The van der Waals surface area contributed by atoms with Gasteiger partial charge in [-0.1, -0.05) is 17.3 Å². The molecule has 152 valence electrons. The molecule has 2 amide bonds. The molecule has 0 spiro atoms. The highest BCUT2D eigenvalue weighted by Gasteiger charge is 2.57. The van der Waals surface area contributed by atoms with Gasteiger partial charge in [-0.25, -0.2) is 9.18 Å². The number of esters is 1. The van der Waals surface area contributed by atoms with Gasteiger partial charge in [0, 0.05) is 18.2 Å². The number of ether oxygens (including phenoxy) is 1. The first-order valence-electron chi connectivity index (χ1n) is 9.01. The summed E-state index contributed by atoms with van der Waals surface area (Å²) in [4.78, 5) is 37.9. The molecule has 10 heteroatoms. The van der Waals surface area contributed by atoms with Crippen LogP contribution in [0.2, 0.25) is 0 Å². The number of thioether (sulfide) groups is 1. The zero-order valence-electron chi connectivity index (χ0n) is 15.5. The van der Waals surface area contributed by atoms with Crippen molar-refractivity contribution in [1.82, 2.24) is 10.1 Å². The van der Waals surface area contributed by atoms with Crippen LogP contribution >= 0.6 is 11.8 Å². The van der Waals surface area contributed by atoms with Crippen LogP contribution in [0, 0.1) is 12.7 Å². The lowest BCUT2D eigenvalue weighted by atomic mass is 10.0. The fourth-order valence-corrected chi connectivity index (χ4v) is 5.30. The molecule has 1 aromatic heterocycles. The van der Waals surface area contributed by atoms with E-state index in [4.69, 9.17) is 9.26 Å². The smallest absolute Gasteiger partial charge is 0.330 e. The molecule has 2 saturated heterocycles. The molecular formula is C19H18FN3O5S. The van der Waals surface area contributed by atoms with Crippen LogP contribution in [0.15, 0.2) is 34.9 Å². The molecule has 0 radical (unpaired) electrons. The Labute approximate surface area is 169 Å². The summed E-state index contributed by atoms with van der Waals surface area (Å²) in [5, 5.41) is 6.09. The van der Waals surface area contributed by atoms with E-state index in [-0.39, 0.29) is 17.5 Å². The van der Waals surface area contributed by atoms with Gasteiger partial charge >= 0.3 is 5.97 Å². The number of amides is 2. The first-order valence-corrected chi connectivity index (χ1v) is 9.99. The molecule has 0 saturated carbocycles. The van der Waals surface area contributed by atoms with Crippen molar-refractivity contribution in [2.75, 3.05) is 17.7 Å². The predicted octanol–water partition coefficient (Wildman–Crippen LogP) is 2.19. The quantitative estimate of drug-likeness (QED) is 0.741. The highest BCUT2D eigenvalue weighted by Crippen LogP contribution is 2.54. The maximum atomic E-state index is 13.3. The van der Waals surface area contributed by atoms with Crippen LogP contribution in [0.5, 0.6) is 0 Å². The fraction of sp³-hybridized carbons (Fsp3) is 0.368. The molecule has 0 aliphatic carbocycles. The van der Waals surface area contributed by atoms with E-state index in [1.165, 1.54) is 34.9 Å². The van der Waals surface area contributed by atoms with E-state index in [0.29, 0.717) is 24.4 Å². The summed E-state index contributed by atoms with van der Waals surface area (Å²) in [7, 11) is 0. The predicted molar refractivity (Wildman–Crippen MR) is 101 cm³/mol. The van der Waals surface area contributed by atoms with E-state index in [1.54, 1.807) is 19.1 Å². The summed E-state index contributed by atoms with van der Waals surface area (Å²) in [5.41, 5.74) is 0.768. The monoisotopic (exact) mass is 419 g/mol. The normalized spacial score (nSPS) is 23.2. The molecule has 2 aliphatic rings. The summed E-state index contributed by atoms with van der Waals surface area (Å²) >= 11 is 1.46. The van der Waals surface area contributed by atoms with Crippen molar-refractivity contribution in [3.05, 3.63) is 47.5 Å². The third-order valence-corrected chi connectivity index (χ3v) is 6.53. The van der Waals surface area contributed by atoms with Crippen LogP contribution in [0.25, 0.3) is 0 Å². The number of anilines is 1. The topological polar surface area (TPSA) is 102 Å². The highest BCUT2D eigenvalue weighted by molar-refractivity contribution is 8.00. The van der Waals surface area contributed by atoms with Gasteiger partial charge in [0.25, 0.3) is 5.91 Å². The lowest BCUT2D eigenvalue weighted by Crippen LogP contribution is -2.47. The number of hydrogen-bond donors (Lipinski definition) is 1. The van der Waals surface area contributed by atoms with Crippen LogP contribution in [0.4, 0.5) is 10.2 Å². The van der Waals surface area contributed by atoms with Crippen LogP contribution < -0.4 is 5.32 Å². The second-order valence-electron chi connectivity index (χ2n) is 6.86. The molecule has 4 rings (SSSR count). The molecule has 2 aliphatic heterocycles. The van der Waals surface area contributed by atoms with Gasteiger partial charge in [0.15, 0.2) is 12.4 Å². The van der Waals surface area contributed by atoms with Crippen LogP contribution in [-0.2, 0) is 24.0 Å². The summed E-state index contributed by atoms with van der Waals surface area (Å²) in [5.74, 6) is -0.642. The largest absolute Gasteiger partial charge is 0.454 e. The summed E-state index contributed by atoms with van der Waals surface area (Å²) in [6, 6.07) is 6.68. The number of benzene rings is 1. The van der Waals surface area contributed by atoms with E-state index in [0.717, 1.165) is 5.56 Å². The lowest BCUT2D eigenvalue weighted by Gasteiger charge is -2.33. The standard InChI is InChI=1S/C19H18FN3O5S/c1-11-8-15(22-28-11)21-16(24)9-27-18(26)14-10-29-19(7-6-17(25)23(14)19)12-2-4-13(20)5-3-12/h2-5,8,14H,6-7,9-10H2,1H3,(H,21,22,24)/t14-,19-/m0/s1. The number of nitrogens with zero attached hydrogens (tertiary/aromatic N) is 2. The Bertz CT molecular complexity index is 963. The second kappa shape index (κ2) is 7.51. The van der Waals surface area contributed by atoms with Crippen LogP contribution in [0.1, 0.15) is 24.2 Å². The summed E-state index contributed by atoms with van der Waals surface area (Å²) < 4.78 is 23.3. The van der Waals surface area contributed by atoms with Gasteiger partial charge in [-0.05, 0) is 31.0 Å². The van der Waals surface area contributed by atoms with Crippen LogP contribution in [0.3, 0.4) is 0 Å². The minimum atomic E-state index is -0.804. The molecule has 29 heavy (non-hydrogen) atoms. The molecule has 1 aromatic carbocycles. The Hall–Kier alpha value is -2.88. The molecule has 2 fully saturated rings. The Kier molecular flexibility index (Phi) is 5.03. The SMILES string of the molecule is Cc1cc(NC(=O)COC(=O)[C@@H]2CS[C@]3(c4ccc(F)cc4)CCC(=O)N23)no1. The zero-order valence-corrected chi connectivity index (χ0v) is 16.3. The first-order chi connectivity index (χ1) is 13.9. The number of fused-ring (bicyclic) bond motifs is 1. The fourth-order valence-electron chi connectivity index (χ4n) is 3.66. The van der Waals surface area contributed by atoms with Crippen molar-refractivity contribution in [2.45, 2.75) is 30.7 Å². The molecule has 0 unspecified atom stereocenters. The van der Waals surface area contributed by atoms with E-state index >= 15 is 0 Å². The number of carbonyl (C=O) groups excluding carboxylic acids is 3. The number of carbonyl (C=O) groups is 3. The van der Waals surface area contributed by atoms with E-state index in [1.807, 2.05) is 0 Å². The van der Waals surface area contributed by atoms with Crippen molar-refractivity contribution in [3.8, 4) is 0 Å². The van der Waals surface area contributed by atoms with Gasteiger partial charge in [0.05, 0.1) is 0 Å². The Morgan fingerprint density at radius 3 is 2.86 bits per heavy atom. The van der Waals surface area contributed by atoms with Gasteiger partial charge in [-0.3, -0.25) is 9.59 Å². The van der Waals surface area contributed by atoms with Gasteiger partial charge in [-0.15, -0.1) is 11.8 Å². The minimum absolute atomic E-state index is 0.163. The minimum Gasteiger partial charge on any atom is -0.454 e. The maximum absolute atomic E-state index is 13.3. The average molecular weight is 419 g/mol. The van der Waals surface area contributed by atoms with Gasteiger partial charge in [0.1, 0.15) is 22.5 Å². The highest BCUT2D eigenvalue weighted by atomic mass is 32.2. The van der Waals surface area contributed by atoms with E-state index in [9.17, 15) is 18.8 Å². The molecule has 0 bridgehead atoms. The van der Waals surface area contributed by atoms with Crippen molar-refractivity contribution in [3.63, 3.8) is 0 Å². The number of hydrogen-bond acceptors (Lipinski definition) is 7. The zero-order chi connectivity index (χ0) is 20.6. The van der Waals surface area contributed by atoms with Gasteiger partial charge < -0.3 is 19.5 Å². The molecule has 1 N–H and O–H groups in total. The van der Waals surface area contributed by atoms with E-state index < -0.39 is 29.4 Å². The van der Waals surface area contributed by atoms with E-state index in [2.05, 4.69) is 10.5 Å². The van der Waals surface area contributed by atoms with Gasteiger partial charge in [-0.2, -0.15) is 0 Å². The van der Waals surface area contributed by atoms with Crippen molar-refractivity contribution in [2.24, 2.45) is 0 Å². The number of aromatic nitrogens is 1. The van der Waals surface area contributed by atoms with Crippen molar-refractivity contribution < 1.29 is 28.0 Å². The Morgan fingerprint density at radius 1 is 1.41 bits per heavy atom. The molecule has 2 aromatic rings. The Balaban J connectivity index is 1.43. The van der Waals surface area contributed by atoms with Crippen molar-refractivity contribution >= 4 is 35.4 Å². The third-order valence-electron chi connectivity index (χ3n) is 4.94. The molecule has 2 atom stereocenters. The summed E-state index contributed by atoms with van der Waals surface area (Å²) in [6.45, 7) is 1.18. The number of rotatable bonds is 5.